The SMILES string of the molecule is CCCCCO[C@H]1O[C@H](CO[C@H]2O[C@H](COCc3ccccc3)[C@@H](OCc3ccccc3)[C@H](OCc3ccccc3)[C@@H]2OCc2ccccc2)[C@@H](OC)[C@H](OC)[C@@H]1OC. The molecule has 2 heterocycles. The van der Waals surface area contributed by atoms with Crippen LogP contribution in [0.15, 0.2) is 121 Å². The third-order valence-electron chi connectivity index (χ3n) is 10.7. The van der Waals surface area contributed by atoms with Crippen LogP contribution in [0.5, 0.6) is 0 Å². The molecule has 2 aliphatic heterocycles. The molecule has 2 fully saturated rings. The molecule has 0 N–H and O–H groups in total. The fourth-order valence-electron chi connectivity index (χ4n) is 7.57. The quantitative estimate of drug-likeness (QED) is 0.0652. The summed E-state index contributed by atoms with van der Waals surface area (Å²) in [5.74, 6) is 0. The zero-order valence-corrected chi connectivity index (χ0v) is 34.9. The van der Waals surface area contributed by atoms with Crippen LogP contribution in [-0.2, 0) is 78.5 Å². The first-order valence-electron chi connectivity index (χ1n) is 20.8. The summed E-state index contributed by atoms with van der Waals surface area (Å²) in [5, 5.41) is 0. The van der Waals surface area contributed by atoms with Gasteiger partial charge >= 0.3 is 0 Å². The molecule has 0 spiro atoms. The molecule has 4 aromatic rings. The number of ether oxygens (including phenoxy) is 11. The Morgan fingerprint density at radius 3 is 1.34 bits per heavy atom. The molecule has 0 radical (unpaired) electrons. The summed E-state index contributed by atoms with van der Waals surface area (Å²) in [7, 11) is 4.90. The number of methoxy groups -OCH3 is 3. The van der Waals surface area contributed by atoms with Crippen LogP contribution in [0.1, 0.15) is 48.4 Å². The number of rotatable bonds is 24. The molecule has 2 saturated heterocycles. The van der Waals surface area contributed by atoms with Gasteiger partial charge in [-0.3, -0.25) is 0 Å². The van der Waals surface area contributed by atoms with Crippen molar-refractivity contribution >= 4 is 0 Å². The molecule has 0 aromatic heterocycles. The van der Waals surface area contributed by atoms with Crippen LogP contribution in [-0.4, -0.2) is 103 Å². The van der Waals surface area contributed by atoms with E-state index in [1.807, 2.05) is 121 Å². The normalized spacial score (nSPS) is 27.1. The highest BCUT2D eigenvalue weighted by molar-refractivity contribution is 5.16. The van der Waals surface area contributed by atoms with E-state index in [0.29, 0.717) is 26.4 Å². The van der Waals surface area contributed by atoms with Crippen molar-refractivity contribution in [3.8, 4) is 0 Å². The molecule has 0 amide bonds. The Kier molecular flexibility index (Phi) is 18.8. The molecule has 0 saturated carbocycles. The second kappa shape index (κ2) is 24.6. The van der Waals surface area contributed by atoms with Crippen LogP contribution < -0.4 is 0 Å². The van der Waals surface area contributed by atoms with E-state index in [0.717, 1.165) is 41.5 Å². The predicted octanol–water partition coefficient (Wildman–Crippen LogP) is 7.68. The first kappa shape index (κ1) is 45.0. The fourth-order valence-corrected chi connectivity index (χ4v) is 7.57. The minimum Gasteiger partial charge on any atom is -0.376 e. The molecule has 320 valence electrons. The summed E-state index contributed by atoms with van der Waals surface area (Å²) >= 11 is 0. The van der Waals surface area contributed by atoms with Crippen LogP contribution in [0.4, 0.5) is 0 Å². The smallest absolute Gasteiger partial charge is 0.187 e. The van der Waals surface area contributed by atoms with E-state index in [-0.39, 0.29) is 19.8 Å². The molecular formula is C48H62O11. The van der Waals surface area contributed by atoms with Crippen LogP contribution in [0, 0.1) is 0 Å². The molecular weight excluding hydrogens is 753 g/mol. The highest BCUT2D eigenvalue weighted by Crippen LogP contribution is 2.34. The second-order valence-corrected chi connectivity index (χ2v) is 14.9. The Bertz CT molecular complexity index is 1680. The Morgan fingerprint density at radius 1 is 0.407 bits per heavy atom. The van der Waals surface area contributed by atoms with E-state index >= 15 is 0 Å². The molecule has 11 nitrogen and oxygen atoms in total. The van der Waals surface area contributed by atoms with Gasteiger partial charge in [0.15, 0.2) is 12.6 Å². The summed E-state index contributed by atoms with van der Waals surface area (Å²) < 4.78 is 71.3. The van der Waals surface area contributed by atoms with Gasteiger partial charge in [0.25, 0.3) is 0 Å². The highest BCUT2D eigenvalue weighted by Gasteiger charge is 2.51. The van der Waals surface area contributed by atoms with Crippen LogP contribution >= 0.6 is 0 Å². The van der Waals surface area contributed by atoms with Crippen LogP contribution in [0.2, 0.25) is 0 Å². The number of unbranched alkanes of at least 4 members (excludes halogenated alkanes) is 2. The van der Waals surface area contributed by atoms with Gasteiger partial charge < -0.3 is 52.1 Å². The van der Waals surface area contributed by atoms with Crippen molar-refractivity contribution in [1.29, 1.82) is 0 Å². The van der Waals surface area contributed by atoms with Crippen molar-refractivity contribution in [2.75, 3.05) is 41.2 Å². The van der Waals surface area contributed by atoms with Crippen molar-refractivity contribution in [2.45, 2.75) is 114 Å². The molecule has 0 aliphatic carbocycles. The van der Waals surface area contributed by atoms with Crippen LogP contribution in [0.3, 0.4) is 0 Å². The molecule has 10 atom stereocenters. The second-order valence-electron chi connectivity index (χ2n) is 14.9. The van der Waals surface area contributed by atoms with Crippen molar-refractivity contribution in [1.82, 2.24) is 0 Å². The van der Waals surface area contributed by atoms with E-state index in [2.05, 4.69) is 6.92 Å². The van der Waals surface area contributed by atoms with Gasteiger partial charge in [0.05, 0.1) is 39.6 Å². The fraction of sp³-hybridized carbons (Fsp3) is 0.500. The Balaban J connectivity index is 1.30. The molecule has 4 aromatic carbocycles. The lowest BCUT2D eigenvalue weighted by Gasteiger charge is -2.47. The van der Waals surface area contributed by atoms with E-state index in [4.69, 9.17) is 52.1 Å². The molecule has 6 rings (SSSR count). The Labute approximate surface area is 350 Å². The topological polar surface area (TPSA) is 102 Å². The van der Waals surface area contributed by atoms with Gasteiger partial charge in [-0.15, -0.1) is 0 Å². The summed E-state index contributed by atoms with van der Waals surface area (Å²) in [5.41, 5.74) is 4.08. The van der Waals surface area contributed by atoms with Gasteiger partial charge in [-0.1, -0.05) is 141 Å². The maximum Gasteiger partial charge on any atom is 0.187 e. The van der Waals surface area contributed by atoms with E-state index in [9.17, 15) is 0 Å². The first-order chi connectivity index (χ1) is 29.1. The standard InChI is InChI=1S/C48H62O11/c1-5-6-19-28-53-47-45(51-4)43(50-3)41(49-2)40(59-47)34-57-48-46(56-32-38-26-17-10-18-27-38)44(55-31-37-24-15-9-16-25-37)42(54-30-36-22-13-8-14-23-36)39(58-48)33-52-29-35-20-11-7-12-21-35/h7-18,20-27,39-48H,5-6,19,28-34H2,1-4H3/t39-,40-,41-,42-,43+,44+,45+,46+,47+,48+/m1/s1. The van der Waals surface area contributed by atoms with Crippen molar-refractivity contribution in [2.24, 2.45) is 0 Å². The van der Waals surface area contributed by atoms with Crippen molar-refractivity contribution < 1.29 is 52.1 Å². The minimum atomic E-state index is -0.924. The number of hydrogen-bond donors (Lipinski definition) is 0. The lowest BCUT2D eigenvalue weighted by Crippen LogP contribution is -2.63. The van der Waals surface area contributed by atoms with Gasteiger partial charge in [0.1, 0.15) is 48.8 Å². The Morgan fingerprint density at radius 2 is 0.847 bits per heavy atom. The third kappa shape index (κ3) is 13.2. The zero-order valence-electron chi connectivity index (χ0n) is 34.9. The summed E-state index contributed by atoms with van der Waals surface area (Å²) in [6.07, 6.45) is -3.32. The van der Waals surface area contributed by atoms with E-state index in [1.165, 1.54) is 0 Å². The highest BCUT2D eigenvalue weighted by atomic mass is 16.8. The third-order valence-corrected chi connectivity index (χ3v) is 10.7. The molecule has 11 heteroatoms. The average Bonchev–Trinajstić information content (AvgIpc) is 3.29. The van der Waals surface area contributed by atoms with Gasteiger partial charge in [-0.05, 0) is 28.7 Å². The summed E-state index contributed by atoms with van der Waals surface area (Å²) in [4.78, 5) is 0. The maximum absolute atomic E-state index is 6.92. The lowest BCUT2D eigenvalue weighted by atomic mass is 9.97. The molecule has 0 unspecified atom stereocenters. The first-order valence-corrected chi connectivity index (χ1v) is 20.8. The van der Waals surface area contributed by atoms with Gasteiger partial charge in [0, 0.05) is 27.9 Å². The zero-order chi connectivity index (χ0) is 41.1. The average molecular weight is 815 g/mol. The van der Waals surface area contributed by atoms with Crippen LogP contribution in [0.25, 0.3) is 0 Å². The lowest BCUT2D eigenvalue weighted by molar-refractivity contribution is -0.348. The molecule has 59 heavy (non-hydrogen) atoms. The summed E-state index contributed by atoms with van der Waals surface area (Å²) in [6.45, 7) is 4.28. The van der Waals surface area contributed by atoms with E-state index < -0.39 is 61.4 Å². The van der Waals surface area contributed by atoms with E-state index in [1.54, 1.807) is 21.3 Å². The minimum absolute atomic E-state index is 0.0675. The van der Waals surface area contributed by atoms with Gasteiger partial charge in [-0.2, -0.15) is 0 Å². The van der Waals surface area contributed by atoms with Crippen molar-refractivity contribution in [3.05, 3.63) is 144 Å². The van der Waals surface area contributed by atoms with Gasteiger partial charge in [-0.25, -0.2) is 0 Å². The van der Waals surface area contributed by atoms with Gasteiger partial charge in [0.2, 0.25) is 0 Å². The molecule has 2 aliphatic rings. The summed E-state index contributed by atoms with van der Waals surface area (Å²) in [6, 6.07) is 40.2. The monoisotopic (exact) mass is 814 g/mol. The predicted molar refractivity (Wildman–Crippen MR) is 222 cm³/mol. The molecule has 0 bridgehead atoms. The largest absolute Gasteiger partial charge is 0.376 e. The number of benzene rings is 4. The van der Waals surface area contributed by atoms with Crippen molar-refractivity contribution in [3.63, 3.8) is 0 Å². The number of hydrogen-bond acceptors (Lipinski definition) is 11. The Hall–Kier alpha value is -3.56. The maximum atomic E-state index is 6.92.